The van der Waals surface area contributed by atoms with Gasteiger partial charge in [0.1, 0.15) is 12.9 Å². The topological polar surface area (TPSA) is 79.8 Å². The number of carbonyl (C=O) groups is 1. The predicted octanol–water partition coefficient (Wildman–Crippen LogP) is 1.34. The minimum absolute atomic E-state index is 0.0231. The molecule has 1 aromatic heterocycles. The summed E-state index contributed by atoms with van der Waals surface area (Å²) in [6.07, 6.45) is 2.07. The van der Waals surface area contributed by atoms with E-state index in [0.29, 0.717) is 0 Å². The molecule has 0 saturated carbocycles. The summed E-state index contributed by atoms with van der Waals surface area (Å²) in [7, 11) is 0. The number of nitrogens with zero attached hydrogens (tertiary/aromatic N) is 2. The molecule has 0 aliphatic carbocycles. The summed E-state index contributed by atoms with van der Waals surface area (Å²) in [5.41, 5.74) is 0.695. The van der Waals surface area contributed by atoms with Gasteiger partial charge >= 0.3 is 5.69 Å². The summed E-state index contributed by atoms with van der Waals surface area (Å²) in [5, 5.41) is 8.92. The molecule has 0 fully saturated rings. The maximum atomic E-state index is 12.2. The Bertz CT molecular complexity index is 667. The van der Waals surface area contributed by atoms with Gasteiger partial charge in [-0.3, -0.25) is 9.36 Å². The average molecular weight is 302 g/mol. The van der Waals surface area contributed by atoms with Crippen LogP contribution in [0.15, 0.2) is 41.5 Å². The average Bonchev–Trinajstić information content (AvgIpc) is 2.83. The van der Waals surface area contributed by atoms with E-state index in [0.717, 1.165) is 6.42 Å². The van der Waals surface area contributed by atoms with Crippen LogP contribution in [0.3, 0.4) is 0 Å². The summed E-state index contributed by atoms with van der Waals surface area (Å²) >= 11 is 0. The lowest BCUT2D eigenvalue weighted by Gasteiger charge is -2.31. The number of H-pyrrole nitrogens is 1. The number of hydrogen-bond acceptors (Lipinski definition) is 3. The Labute approximate surface area is 129 Å². The molecular formula is C16H22N4O2. The highest BCUT2D eigenvalue weighted by molar-refractivity contribution is 5.76. The van der Waals surface area contributed by atoms with Gasteiger partial charge in [0.25, 0.3) is 0 Å². The summed E-state index contributed by atoms with van der Waals surface area (Å²) in [5.74, 6) is -0.195. The van der Waals surface area contributed by atoms with Gasteiger partial charge in [-0.25, -0.2) is 9.89 Å². The Kier molecular flexibility index (Phi) is 4.80. The van der Waals surface area contributed by atoms with Crippen LogP contribution in [0, 0.1) is 5.41 Å². The van der Waals surface area contributed by atoms with Crippen molar-refractivity contribution in [3.8, 4) is 0 Å². The molecule has 22 heavy (non-hydrogen) atoms. The second-order valence-electron chi connectivity index (χ2n) is 6.47. The fourth-order valence-corrected chi connectivity index (χ4v) is 2.20. The zero-order chi connectivity index (χ0) is 16.2. The normalized spacial score (nSPS) is 12.9. The Morgan fingerprint density at radius 3 is 2.55 bits per heavy atom. The Balaban J connectivity index is 2.05. The summed E-state index contributed by atoms with van der Waals surface area (Å²) in [6, 6.07) is 10.0. The molecule has 0 saturated heterocycles. The monoisotopic (exact) mass is 302 g/mol. The smallest absolute Gasteiger partial charge is 0.343 e. The molecule has 6 nitrogen and oxygen atoms in total. The van der Waals surface area contributed by atoms with Crippen LogP contribution in [-0.2, 0) is 17.8 Å². The number of rotatable bonds is 5. The number of hydrogen-bond donors (Lipinski definition) is 2. The van der Waals surface area contributed by atoms with E-state index in [-0.39, 0.29) is 29.6 Å². The van der Waals surface area contributed by atoms with Gasteiger partial charge in [0.05, 0.1) is 0 Å². The van der Waals surface area contributed by atoms with Crippen molar-refractivity contribution in [1.29, 1.82) is 0 Å². The lowest BCUT2D eigenvalue weighted by Crippen LogP contribution is -2.46. The molecule has 1 aromatic carbocycles. The van der Waals surface area contributed by atoms with E-state index in [1.165, 1.54) is 16.5 Å². The first-order chi connectivity index (χ1) is 10.4. The van der Waals surface area contributed by atoms with Crippen LogP contribution in [0.2, 0.25) is 0 Å². The van der Waals surface area contributed by atoms with Gasteiger partial charge in [0.2, 0.25) is 5.91 Å². The van der Waals surface area contributed by atoms with Crippen LogP contribution in [0.4, 0.5) is 0 Å². The molecule has 0 radical (unpaired) electrons. The van der Waals surface area contributed by atoms with Crippen molar-refractivity contribution in [3.63, 3.8) is 0 Å². The van der Waals surface area contributed by atoms with Gasteiger partial charge in [-0.1, -0.05) is 51.1 Å². The Morgan fingerprint density at radius 2 is 2.00 bits per heavy atom. The molecule has 1 amide bonds. The second-order valence-corrected chi connectivity index (χ2v) is 6.47. The van der Waals surface area contributed by atoms with Crippen molar-refractivity contribution in [2.75, 3.05) is 0 Å². The first kappa shape index (κ1) is 16.0. The minimum atomic E-state index is -0.384. The van der Waals surface area contributed by atoms with Crippen LogP contribution in [-0.4, -0.2) is 26.7 Å². The first-order valence-electron chi connectivity index (χ1n) is 7.29. The van der Waals surface area contributed by atoms with Crippen LogP contribution >= 0.6 is 0 Å². The van der Waals surface area contributed by atoms with E-state index in [9.17, 15) is 9.59 Å². The van der Waals surface area contributed by atoms with Gasteiger partial charge in [-0.2, -0.15) is 5.10 Å². The fourth-order valence-electron chi connectivity index (χ4n) is 2.20. The first-order valence-corrected chi connectivity index (χ1v) is 7.29. The molecule has 0 unspecified atom stereocenters. The van der Waals surface area contributed by atoms with E-state index in [1.54, 1.807) is 0 Å². The summed E-state index contributed by atoms with van der Waals surface area (Å²) in [4.78, 5) is 23.6. The predicted molar refractivity (Wildman–Crippen MR) is 84.4 cm³/mol. The van der Waals surface area contributed by atoms with Gasteiger partial charge in [-0.15, -0.1) is 0 Å². The van der Waals surface area contributed by atoms with E-state index in [1.807, 2.05) is 30.3 Å². The van der Waals surface area contributed by atoms with E-state index in [4.69, 9.17) is 0 Å². The molecule has 0 aliphatic rings. The van der Waals surface area contributed by atoms with Crippen LogP contribution < -0.4 is 11.0 Å². The lowest BCUT2D eigenvalue weighted by atomic mass is 9.83. The van der Waals surface area contributed by atoms with E-state index < -0.39 is 0 Å². The van der Waals surface area contributed by atoms with Crippen molar-refractivity contribution >= 4 is 5.91 Å². The van der Waals surface area contributed by atoms with Crippen LogP contribution in [0.1, 0.15) is 26.3 Å². The zero-order valence-corrected chi connectivity index (χ0v) is 13.2. The number of amides is 1. The van der Waals surface area contributed by atoms with E-state index in [2.05, 4.69) is 36.3 Å². The Morgan fingerprint density at radius 1 is 1.32 bits per heavy atom. The van der Waals surface area contributed by atoms with Gasteiger partial charge in [0.15, 0.2) is 0 Å². The fraction of sp³-hybridized carbons (Fsp3) is 0.438. The molecule has 0 spiro atoms. The molecule has 1 atom stereocenters. The van der Waals surface area contributed by atoms with Crippen molar-refractivity contribution in [1.82, 2.24) is 20.1 Å². The molecule has 6 heteroatoms. The largest absolute Gasteiger partial charge is 0.351 e. The molecule has 2 N–H and O–H groups in total. The molecule has 1 heterocycles. The number of carbonyl (C=O) groups excluding carboxylic acids is 1. The number of aromatic nitrogens is 3. The molecule has 0 aliphatic heterocycles. The molecule has 2 aromatic rings. The minimum Gasteiger partial charge on any atom is -0.351 e. The number of nitrogens with one attached hydrogen (secondary N) is 2. The van der Waals surface area contributed by atoms with Crippen molar-refractivity contribution in [3.05, 3.63) is 52.7 Å². The molecule has 2 rings (SSSR count). The summed E-state index contributed by atoms with van der Waals surface area (Å²) < 4.78 is 1.25. The van der Waals surface area contributed by atoms with Crippen molar-refractivity contribution < 1.29 is 4.79 Å². The summed E-state index contributed by atoms with van der Waals surface area (Å²) in [6.45, 7) is 6.23. The maximum Gasteiger partial charge on any atom is 0.343 e. The number of benzene rings is 1. The quantitative estimate of drug-likeness (QED) is 0.875. The molecular weight excluding hydrogens is 280 g/mol. The van der Waals surface area contributed by atoms with Gasteiger partial charge in [0, 0.05) is 6.04 Å². The standard InChI is InChI=1S/C16H22N4O2/c1-16(2,3)13(9-12-7-5-4-6-8-12)18-14(21)10-20-11-17-19-15(20)22/h4-8,11,13H,9-10H2,1-3H3,(H,18,21)(H,19,22)/t13-/m1/s1. The Hall–Kier alpha value is -2.37. The second kappa shape index (κ2) is 6.60. The molecule has 0 bridgehead atoms. The van der Waals surface area contributed by atoms with Gasteiger partial charge in [-0.05, 0) is 17.4 Å². The molecule has 118 valence electrons. The van der Waals surface area contributed by atoms with Crippen LogP contribution in [0.25, 0.3) is 0 Å². The number of aromatic amines is 1. The maximum absolute atomic E-state index is 12.2. The van der Waals surface area contributed by atoms with Crippen molar-refractivity contribution in [2.45, 2.75) is 39.8 Å². The highest BCUT2D eigenvalue weighted by Crippen LogP contribution is 2.22. The SMILES string of the molecule is CC(C)(C)[C@@H](Cc1ccccc1)NC(=O)Cn1cn[nH]c1=O. The zero-order valence-electron chi connectivity index (χ0n) is 13.2. The third-order valence-electron chi connectivity index (χ3n) is 3.60. The highest BCUT2D eigenvalue weighted by Gasteiger charge is 2.26. The lowest BCUT2D eigenvalue weighted by molar-refractivity contribution is -0.123. The van der Waals surface area contributed by atoms with Gasteiger partial charge < -0.3 is 5.32 Å². The highest BCUT2D eigenvalue weighted by atomic mass is 16.2. The third-order valence-corrected chi connectivity index (χ3v) is 3.60. The van der Waals surface area contributed by atoms with E-state index >= 15 is 0 Å². The van der Waals surface area contributed by atoms with Crippen molar-refractivity contribution in [2.24, 2.45) is 5.41 Å². The third kappa shape index (κ3) is 4.31. The van der Waals surface area contributed by atoms with Crippen LogP contribution in [0.5, 0.6) is 0 Å².